The number of aromatic nitrogens is 1. The lowest BCUT2D eigenvalue weighted by Gasteiger charge is -2.18. The molecule has 0 atom stereocenters. The normalized spacial score (nSPS) is 10.2. The number of carbonyl (C=O) groups excluding carboxylic acids is 1. The number of pyridine rings is 1. The van der Waals surface area contributed by atoms with Crippen molar-refractivity contribution >= 4 is 17.3 Å². The van der Waals surface area contributed by atoms with Gasteiger partial charge in [-0.2, -0.15) is 0 Å². The molecule has 1 aromatic carbocycles. The van der Waals surface area contributed by atoms with E-state index in [1.165, 1.54) is 0 Å². The summed E-state index contributed by atoms with van der Waals surface area (Å²) < 4.78 is 10.5. The molecule has 0 aliphatic heterocycles. The number of carbonyl (C=O) groups is 1. The van der Waals surface area contributed by atoms with Crippen molar-refractivity contribution < 1.29 is 14.3 Å². The third-order valence-electron chi connectivity index (χ3n) is 3.71. The molecule has 2 aromatic rings. The molecule has 6 nitrogen and oxygen atoms in total. The van der Waals surface area contributed by atoms with Gasteiger partial charge in [0.1, 0.15) is 5.69 Å². The number of anilines is 2. The number of amides is 1. The van der Waals surface area contributed by atoms with E-state index in [1.807, 2.05) is 38.1 Å². The molecular formula is C18H23N3O3. The van der Waals surface area contributed by atoms with Crippen molar-refractivity contribution in [2.24, 2.45) is 0 Å². The standard InChI is InChI=1S/C18H23N3O3/c1-5-21(6-2)18(22)15-9-7-14(12-19-15)20-13-8-10-16(23-3)17(11-13)24-4/h7-12,20H,5-6H2,1-4H3. The number of nitrogens with one attached hydrogen (secondary N) is 1. The lowest BCUT2D eigenvalue weighted by Crippen LogP contribution is -2.31. The van der Waals surface area contributed by atoms with E-state index in [-0.39, 0.29) is 5.91 Å². The van der Waals surface area contributed by atoms with Crippen molar-refractivity contribution in [2.75, 3.05) is 32.6 Å². The van der Waals surface area contributed by atoms with Gasteiger partial charge in [-0.15, -0.1) is 0 Å². The molecule has 0 aliphatic carbocycles. The van der Waals surface area contributed by atoms with Crippen molar-refractivity contribution in [3.8, 4) is 11.5 Å². The maximum Gasteiger partial charge on any atom is 0.272 e. The van der Waals surface area contributed by atoms with Gasteiger partial charge >= 0.3 is 0 Å². The Kier molecular flexibility index (Phi) is 6.01. The van der Waals surface area contributed by atoms with E-state index in [2.05, 4.69) is 10.3 Å². The first kappa shape index (κ1) is 17.6. The van der Waals surface area contributed by atoms with Gasteiger partial charge in [-0.1, -0.05) is 0 Å². The maximum absolute atomic E-state index is 12.2. The molecule has 0 aliphatic rings. The summed E-state index contributed by atoms with van der Waals surface area (Å²) in [5, 5.41) is 3.23. The smallest absolute Gasteiger partial charge is 0.272 e. The fourth-order valence-corrected chi connectivity index (χ4v) is 2.35. The Morgan fingerprint density at radius 3 is 2.25 bits per heavy atom. The topological polar surface area (TPSA) is 63.7 Å². The number of nitrogens with zero attached hydrogens (tertiary/aromatic N) is 2. The van der Waals surface area contributed by atoms with Gasteiger partial charge in [-0.25, -0.2) is 4.98 Å². The van der Waals surface area contributed by atoms with E-state index in [0.717, 1.165) is 11.4 Å². The molecule has 0 bridgehead atoms. The Balaban J connectivity index is 2.13. The summed E-state index contributed by atoms with van der Waals surface area (Å²) in [5.41, 5.74) is 2.08. The van der Waals surface area contributed by atoms with E-state index in [0.29, 0.717) is 30.3 Å². The first-order valence-corrected chi connectivity index (χ1v) is 7.87. The van der Waals surface area contributed by atoms with Gasteiger partial charge in [0.05, 0.1) is 26.1 Å². The van der Waals surface area contributed by atoms with E-state index in [1.54, 1.807) is 31.4 Å². The van der Waals surface area contributed by atoms with Crippen molar-refractivity contribution in [1.29, 1.82) is 0 Å². The number of benzene rings is 1. The molecule has 2 rings (SSSR count). The number of hydrogen-bond donors (Lipinski definition) is 1. The molecule has 1 aromatic heterocycles. The van der Waals surface area contributed by atoms with Crippen LogP contribution in [0.1, 0.15) is 24.3 Å². The summed E-state index contributed by atoms with van der Waals surface area (Å²) in [7, 11) is 3.19. The predicted octanol–water partition coefficient (Wildman–Crippen LogP) is 3.32. The largest absolute Gasteiger partial charge is 0.493 e. The first-order chi connectivity index (χ1) is 11.6. The molecule has 0 saturated heterocycles. The van der Waals surface area contributed by atoms with E-state index >= 15 is 0 Å². The lowest BCUT2D eigenvalue weighted by molar-refractivity contribution is 0.0767. The molecule has 0 radical (unpaired) electrons. The highest BCUT2D eigenvalue weighted by atomic mass is 16.5. The minimum Gasteiger partial charge on any atom is -0.493 e. The third-order valence-corrected chi connectivity index (χ3v) is 3.71. The summed E-state index contributed by atoms with van der Waals surface area (Å²) in [6, 6.07) is 9.11. The zero-order valence-electron chi connectivity index (χ0n) is 14.5. The Morgan fingerprint density at radius 2 is 1.71 bits per heavy atom. The minimum atomic E-state index is -0.0577. The van der Waals surface area contributed by atoms with E-state index < -0.39 is 0 Å². The van der Waals surface area contributed by atoms with Gasteiger partial charge in [-0.05, 0) is 38.1 Å². The van der Waals surface area contributed by atoms with Crippen LogP contribution in [-0.2, 0) is 0 Å². The molecule has 1 amide bonds. The van der Waals surface area contributed by atoms with Gasteiger partial charge in [0.15, 0.2) is 11.5 Å². The zero-order chi connectivity index (χ0) is 17.5. The maximum atomic E-state index is 12.2. The van der Waals surface area contributed by atoms with Gasteiger partial charge in [0.2, 0.25) is 0 Å². The molecule has 0 saturated carbocycles. The highest BCUT2D eigenvalue weighted by molar-refractivity contribution is 5.92. The second-order valence-electron chi connectivity index (χ2n) is 5.10. The number of ether oxygens (including phenoxy) is 2. The van der Waals surface area contributed by atoms with E-state index in [4.69, 9.17) is 9.47 Å². The molecule has 6 heteroatoms. The van der Waals surface area contributed by atoms with Crippen LogP contribution < -0.4 is 14.8 Å². The van der Waals surface area contributed by atoms with Crippen LogP contribution in [0, 0.1) is 0 Å². The summed E-state index contributed by atoms with van der Waals surface area (Å²) in [6.45, 7) is 5.24. The SMILES string of the molecule is CCN(CC)C(=O)c1ccc(Nc2ccc(OC)c(OC)c2)cn1. The Hall–Kier alpha value is -2.76. The van der Waals surface area contributed by atoms with Crippen molar-refractivity contribution in [3.63, 3.8) is 0 Å². The van der Waals surface area contributed by atoms with Crippen LogP contribution in [0.5, 0.6) is 11.5 Å². The van der Waals surface area contributed by atoms with Crippen molar-refractivity contribution in [2.45, 2.75) is 13.8 Å². The minimum absolute atomic E-state index is 0.0577. The molecule has 24 heavy (non-hydrogen) atoms. The highest BCUT2D eigenvalue weighted by Crippen LogP contribution is 2.30. The van der Waals surface area contributed by atoms with Gasteiger partial charge < -0.3 is 19.7 Å². The number of methoxy groups -OCH3 is 2. The van der Waals surface area contributed by atoms with Gasteiger partial charge in [0.25, 0.3) is 5.91 Å². The third kappa shape index (κ3) is 3.95. The predicted molar refractivity (Wildman–Crippen MR) is 94.3 cm³/mol. The molecule has 128 valence electrons. The average Bonchev–Trinajstić information content (AvgIpc) is 2.63. The molecular weight excluding hydrogens is 306 g/mol. The molecule has 1 N–H and O–H groups in total. The quantitative estimate of drug-likeness (QED) is 0.844. The van der Waals surface area contributed by atoms with Gasteiger partial charge in [-0.3, -0.25) is 4.79 Å². The van der Waals surface area contributed by atoms with Crippen molar-refractivity contribution in [3.05, 3.63) is 42.2 Å². The zero-order valence-corrected chi connectivity index (χ0v) is 14.5. The van der Waals surface area contributed by atoms with Crippen LogP contribution >= 0.6 is 0 Å². The van der Waals surface area contributed by atoms with E-state index in [9.17, 15) is 4.79 Å². The second-order valence-corrected chi connectivity index (χ2v) is 5.10. The molecule has 1 heterocycles. The highest BCUT2D eigenvalue weighted by Gasteiger charge is 2.13. The Bertz CT molecular complexity index is 682. The molecule has 0 unspecified atom stereocenters. The first-order valence-electron chi connectivity index (χ1n) is 7.87. The van der Waals surface area contributed by atoms with Crippen molar-refractivity contribution in [1.82, 2.24) is 9.88 Å². The lowest BCUT2D eigenvalue weighted by atomic mass is 10.2. The van der Waals surface area contributed by atoms with Crippen LogP contribution in [0.25, 0.3) is 0 Å². The van der Waals surface area contributed by atoms with Crippen LogP contribution in [-0.4, -0.2) is 43.1 Å². The molecule has 0 spiro atoms. The monoisotopic (exact) mass is 329 g/mol. The molecule has 0 fully saturated rings. The van der Waals surface area contributed by atoms with Crippen LogP contribution in [0.3, 0.4) is 0 Å². The average molecular weight is 329 g/mol. The fraction of sp³-hybridized carbons (Fsp3) is 0.333. The van der Waals surface area contributed by atoms with Crippen LogP contribution in [0.4, 0.5) is 11.4 Å². The van der Waals surface area contributed by atoms with Gasteiger partial charge in [0, 0.05) is 24.8 Å². The summed E-state index contributed by atoms with van der Waals surface area (Å²) in [6.07, 6.45) is 1.65. The summed E-state index contributed by atoms with van der Waals surface area (Å²) in [4.78, 5) is 18.2. The fourth-order valence-electron chi connectivity index (χ4n) is 2.35. The number of rotatable bonds is 7. The van der Waals surface area contributed by atoms with Crippen LogP contribution in [0.15, 0.2) is 36.5 Å². The Morgan fingerprint density at radius 1 is 1.04 bits per heavy atom. The Labute approximate surface area is 142 Å². The van der Waals surface area contributed by atoms with Crippen LogP contribution in [0.2, 0.25) is 0 Å². The summed E-state index contributed by atoms with van der Waals surface area (Å²) in [5.74, 6) is 1.25. The second kappa shape index (κ2) is 8.19. The summed E-state index contributed by atoms with van der Waals surface area (Å²) >= 11 is 0. The number of hydrogen-bond acceptors (Lipinski definition) is 5.